The molecule has 8 heteroatoms. The van der Waals surface area contributed by atoms with Crippen LogP contribution in [0.15, 0.2) is 91.1 Å². The van der Waals surface area contributed by atoms with Crippen molar-refractivity contribution in [3.05, 3.63) is 108 Å². The average Bonchev–Trinajstić information content (AvgIpc) is 3.03. The summed E-state index contributed by atoms with van der Waals surface area (Å²) >= 11 is 0. The van der Waals surface area contributed by atoms with Crippen molar-refractivity contribution in [1.82, 2.24) is 10.6 Å². The minimum Gasteiger partial charge on any atom is -0.508 e. The molecule has 4 rings (SSSR count). The first-order valence-corrected chi connectivity index (χ1v) is 15.5. The lowest BCUT2D eigenvalue weighted by Gasteiger charge is -2.31. The largest absolute Gasteiger partial charge is 0.508 e. The molecule has 0 radical (unpaired) electrons. The number of carbonyl (C=O) groups excluding carboxylic acids is 1. The van der Waals surface area contributed by atoms with E-state index < -0.39 is 18.2 Å². The lowest BCUT2D eigenvalue weighted by atomic mass is 9.88. The van der Waals surface area contributed by atoms with Crippen LogP contribution < -0.4 is 16.4 Å². The van der Waals surface area contributed by atoms with Crippen molar-refractivity contribution in [2.45, 2.75) is 82.1 Å². The van der Waals surface area contributed by atoms with E-state index in [0.717, 1.165) is 18.4 Å². The SMILES string of the molecule is CC(N[C@@H](CCC(=O)O)C(N)O)[C@H](Cc1ccc(O)cc1)NC(=O)CCC1C=CC(c2ccc(C3C=CC=CC3)cc2)=CC1. The van der Waals surface area contributed by atoms with Gasteiger partial charge in [0.15, 0.2) is 0 Å². The average molecular weight is 600 g/mol. The zero-order valence-corrected chi connectivity index (χ0v) is 25.3. The normalized spacial score (nSPS) is 20.4. The van der Waals surface area contributed by atoms with Crippen molar-refractivity contribution in [3.63, 3.8) is 0 Å². The summed E-state index contributed by atoms with van der Waals surface area (Å²) < 4.78 is 0. The van der Waals surface area contributed by atoms with E-state index >= 15 is 0 Å². The van der Waals surface area contributed by atoms with Crippen LogP contribution in [-0.4, -0.2) is 51.5 Å². The molecule has 7 N–H and O–H groups in total. The number of phenols is 1. The molecule has 0 fully saturated rings. The Morgan fingerprint density at radius 1 is 0.977 bits per heavy atom. The van der Waals surface area contributed by atoms with Crippen molar-refractivity contribution >= 4 is 17.4 Å². The summed E-state index contributed by atoms with van der Waals surface area (Å²) in [6, 6.07) is 14.3. The van der Waals surface area contributed by atoms with Gasteiger partial charge in [-0.15, -0.1) is 0 Å². The van der Waals surface area contributed by atoms with E-state index in [-0.39, 0.29) is 42.5 Å². The smallest absolute Gasteiger partial charge is 0.303 e. The summed E-state index contributed by atoms with van der Waals surface area (Å²) in [5, 5.41) is 35.2. The molecular formula is C36H45N3O5. The topological polar surface area (TPSA) is 145 Å². The Morgan fingerprint density at radius 2 is 1.73 bits per heavy atom. The Labute approximate surface area is 260 Å². The third kappa shape index (κ3) is 10.0. The minimum absolute atomic E-state index is 0.0804. The van der Waals surface area contributed by atoms with E-state index in [0.29, 0.717) is 25.2 Å². The molecule has 0 heterocycles. The zero-order valence-electron chi connectivity index (χ0n) is 25.3. The van der Waals surface area contributed by atoms with Crippen molar-refractivity contribution in [1.29, 1.82) is 0 Å². The van der Waals surface area contributed by atoms with Crippen LogP contribution in [-0.2, 0) is 16.0 Å². The number of phenolic OH excluding ortho intramolecular Hbond substituents is 1. The van der Waals surface area contributed by atoms with E-state index in [1.165, 1.54) is 16.7 Å². The van der Waals surface area contributed by atoms with Gasteiger partial charge in [0.25, 0.3) is 0 Å². The molecule has 44 heavy (non-hydrogen) atoms. The highest BCUT2D eigenvalue weighted by atomic mass is 16.4. The number of aliphatic hydroxyl groups excluding tert-OH is 1. The predicted octanol–water partition coefficient (Wildman–Crippen LogP) is 4.95. The molecule has 6 atom stereocenters. The fourth-order valence-corrected chi connectivity index (χ4v) is 5.76. The number of aliphatic hydroxyl groups is 1. The van der Waals surface area contributed by atoms with Crippen molar-refractivity contribution < 1.29 is 24.9 Å². The number of rotatable bonds is 15. The van der Waals surface area contributed by atoms with E-state index in [9.17, 15) is 19.8 Å². The third-order valence-electron chi connectivity index (χ3n) is 8.48. The number of nitrogens with two attached hydrogens (primary N) is 1. The number of carboxylic acids is 1. The number of amides is 1. The van der Waals surface area contributed by atoms with Gasteiger partial charge in [0, 0.05) is 36.9 Å². The predicted molar refractivity (Wildman–Crippen MR) is 174 cm³/mol. The Kier molecular flexibility index (Phi) is 12.1. The molecule has 0 spiro atoms. The number of nitrogens with one attached hydrogen (secondary N) is 2. The highest BCUT2D eigenvalue weighted by molar-refractivity contribution is 5.77. The zero-order chi connectivity index (χ0) is 31.5. The molecule has 0 bridgehead atoms. The molecule has 2 aliphatic rings. The lowest BCUT2D eigenvalue weighted by molar-refractivity contribution is -0.137. The summed E-state index contributed by atoms with van der Waals surface area (Å²) in [7, 11) is 0. The van der Waals surface area contributed by atoms with Crippen molar-refractivity contribution in [3.8, 4) is 5.75 Å². The summed E-state index contributed by atoms with van der Waals surface area (Å²) in [6.45, 7) is 1.88. The summed E-state index contributed by atoms with van der Waals surface area (Å²) in [5.74, 6) is -0.193. The summed E-state index contributed by atoms with van der Waals surface area (Å²) in [6.07, 6.45) is 17.4. The molecule has 0 saturated carbocycles. The molecule has 1 amide bonds. The molecule has 0 aromatic heterocycles. The Bertz CT molecular complexity index is 1360. The first kappa shape index (κ1) is 32.9. The molecule has 2 aromatic rings. The van der Waals surface area contributed by atoms with Crippen LogP contribution >= 0.6 is 0 Å². The highest BCUT2D eigenvalue weighted by Gasteiger charge is 2.26. The number of aromatic hydroxyl groups is 1. The first-order chi connectivity index (χ1) is 21.2. The quantitative estimate of drug-likeness (QED) is 0.159. The van der Waals surface area contributed by atoms with E-state index in [4.69, 9.17) is 10.8 Å². The van der Waals surface area contributed by atoms with E-state index in [1.807, 2.05) is 6.92 Å². The van der Waals surface area contributed by atoms with Gasteiger partial charge in [-0.25, -0.2) is 0 Å². The van der Waals surface area contributed by atoms with Gasteiger partial charge >= 0.3 is 5.97 Å². The van der Waals surface area contributed by atoms with Crippen LogP contribution in [0, 0.1) is 5.92 Å². The van der Waals surface area contributed by atoms with Gasteiger partial charge in [0.2, 0.25) is 5.91 Å². The number of hydrogen-bond donors (Lipinski definition) is 6. The molecule has 2 aromatic carbocycles. The van der Waals surface area contributed by atoms with Gasteiger partial charge in [-0.3, -0.25) is 9.59 Å². The van der Waals surface area contributed by atoms with E-state index in [2.05, 4.69) is 77.4 Å². The second kappa shape index (κ2) is 16.2. The Balaban J connectivity index is 1.31. The third-order valence-corrected chi connectivity index (χ3v) is 8.48. The van der Waals surface area contributed by atoms with Crippen LogP contribution in [0.2, 0.25) is 0 Å². The standard InChI is InChI=1S/C36H45N3O5/c1-24(38-32(36(37)44)20-22-35(42)43)33(23-26-9-18-31(40)19-10-26)39-34(41)21-11-25-7-12-28(13-8-25)30-16-14-29(15-17-30)27-5-3-2-4-6-27/h2-5,7,9-10,12-19,24-25,27,32-33,36,38,40,44H,6,8,11,20-23,37H2,1H3,(H,39,41)(H,42,43)/t24?,25?,27?,32-,33-,36?/m0/s1. The van der Waals surface area contributed by atoms with Gasteiger partial charge in [0.05, 0.1) is 0 Å². The summed E-state index contributed by atoms with van der Waals surface area (Å²) in [4.78, 5) is 24.2. The van der Waals surface area contributed by atoms with Gasteiger partial charge in [-0.2, -0.15) is 0 Å². The van der Waals surface area contributed by atoms with Gasteiger partial charge in [0.1, 0.15) is 12.0 Å². The van der Waals surface area contributed by atoms with Crippen molar-refractivity contribution in [2.75, 3.05) is 0 Å². The fourth-order valence-electron chi connectivity index (χ4n) is 5.76. The maximum Gasteiger partial charge on any atom is 0.303 e. The summed E-state index contributed by atoms with van der Waals surface area (Å²) in [5.41, 5.74) is 10.4. The lowest BCUT2D eigenvalue weighted by Crippen LogP contribution is -2.56. The number of carboxylic acid groups (broad SMARTS) is 1. The number of carbonyl (C=O) groups is 2. The number of allylic oxidation sites excluding steroid dienone is 8. The molecule has 4 unspecified atom stereocenters. The second-order valence-corrected chi connectivity index (χ2v) is 11.9. The molecular weight excluding hydrogens is 554 g/mol. The van der Waals surface area contributed by atoms with Gasteiger partial charge in [-0.05, 0) is 79.3 Å². The monoisotopic (exact) mass is 599 g/mol. The molecule has 8 nitrogen and oxygen atoms in total. The van der Waals surface area contributed by atoms with Gasteiger partial charge < -0.3 is 31.7 Å². The number of hydrogen-bond acceptors (Lipinski definition) is 6. The Hall–Kier alpha value is -3.98. The minimum atomic E-state index is -1.25. The molecule has 0 saturated heterocycles. The first-order valence-electron chi connectivity index (χ1n) is 15.5. The van der Waals surface area contributed by atoms with E-state index in [1.54, 1.807) is 24.3 Å². The van der Waals surface area contributed by atoms with Crippen LogP contribution in [0.3, 0.4) is 0 Å². The second-order valence-electron chi connectivity index (χ2n) is 11.9. The highest BCUT2D eigenvalue weighted by Crippen LogP contribution is 2.29. The van der Waals surface area contributed by atoms with Crippen LogP contribution in [0.5, 0.6) is 5.75 Å². The van der Waals surface area contributed by atoms with Crippen LogP contribution in [0.25, 0.3) is 5.57 Å². The molecule has 234 valence electrons. The van der Waals surface area contributed by atoms with Crippen LogP contribution in [0.1, 0.15) is 68.1 Å². The van der Waals surface area contributed by atoms with Gasteiger partial charge in [-0.1, -0.05) is 78.9 Å². The van der Waals surface area contributed by atoms with Crippen molar-refractivity contribution in [2.24, 2.45) is 11.7 Å². The fraction of sp³-hybridized carbons (Fsp3) is 0.389. The number of aliphatic carboxylic acids is 1. The Morgan fingerprint density at radius 3 is 2.34 bits per heavy atom. The maximum atomic E-state index is 13.1. The van der Waals surface area contributed by atoms with Crippen LogP contribution in [0.4, 0.5) is 0 Å². The number of benzene rings is 2. The maximum absolute atomic E-state index is 13.1. The molecule has 0 aliphatic heterocycles. The molecule has 2 aliphatic carbocycles.